The van der Waals surface area contributed by atoms with Gasteiger partial charge in [-0.2, -0.15) is 0 Å². The van der Waals surface area contributed by atoms with Crippen LogP contribution in [0.3, 0.4) is 0 Å². The summed E-state index contributed by atoms with van der Waals surface area (Å²) in [5.41, 5.74) is 0. The topological polar surface area (TPSA) is 18.5 Å². The number of rotatable bonds is 4. The number of nitrogens with one attached hydrogen (secondary N) is 1. The Morgan fingerprint density at radius 2 is 1.61 bits per heavy atom. The Labute approximate surface area is 113 Å². The van der Waals surface area contributed by atoms with Gasteiger partial charge in [-0.3, -0.25) is 0 Å². The van der Waals surface area contributed by atoms with E-state index in [1.54, 1.807) is 0 Å². The zero-order valence-corrected chi connectivity index (χ0v) is 12.3. The van der Waals surface area contributed by atoms with Gasteiger partial charge in [0.1, 0.15) is 0 Å². The predicted molar refractivity (Wildman–Crippen MR) is 78.0 cm³/mol. The van der Waals surface area contributed by atoms with Crippen molar-refractivity contribution in [3.05, 3.63) is 0 Å². The Kier molecular flexibility index (Phi) is 5.93. The highest BCUT2D eigenvalue weighted by Crippen LogP contribution is 2.11. The Balaban J connectivity index is 1.72. The fourth-order valence-electron chi connectivity index (χ4n) is 3.14. The first kappa shape index (κ1) is 14.3. The molecule has 0 aromatic rings. The van der Waals surface area contributed by atoms with E-state index in [4.69, 9.17) is 0 Å². The molecule has 0 aromatic heterocycles. The molecular weight excluding hydrogens is 222 g/mol. The molecule has 2 heterocycles. The Bertz CT molecular complexity index is 224. The maximum atomic E-state index is 3.69. The van der Waals surface area contributed by atoms with Crippen LogP contribution in [0.15, 0.2) is 0 Å². The molecule has 1 atom stereocenters. The largest absolute Gasteiger partial charge is 0.312 e. The summed E-state index contributed by atoms with van der Waals surface area (Å²) in [4.78, 5) is 5.34. The third-order valence-electron chi connectivity index (χ3n) is 4.50. The Morgan fingerprint density at radius 1 is 0.944 bits per heavy atom. The van der Waals surface area contributed by atoms with Crippen LogP contribution in [0.4, 0.5) is 0 Å². The third-order valence-corrected chi connectivity index (χ3v) is 4.50. The smallest absolute Gasteiger partial charge is 0.0217 e. The van der Waals surface area contributed by atoms with Gasteiger partial charge in [-0.05, 0) is 51.4 Å². The molecule has 2 aliphatic heterocycles. The molecular formula is C15H31N3. The number of likely N-dealkylation sites (tertiary alicyclic amines) is 1. The molecule has 0 aromatic carbocycles. The molecule has 18 heavy (non-hydrogen) atoms. The van der Waals surface area contributed by atoms with Crippen LogP contribution in [-0.2, 0) is 0 Å². The third kappa shape index (κ3) is 4.52. The van der Waals surface area contributed by atoms with Crippen LogP contribution in [0.2, 0.25) is 0 Å². The minimum absolute atomic E-state index is 0.689. The van der Waals surface area contributed by atoms with Crippen LogP contribution in [-0.4, -0.2) is 61.7 Å². The summed E-state index contributed by atoms with van der Waals surface area (Å²) in [6.07, 6.45) is 5.58. The summed E-state index contributed by atoms with van der Waals surface area (Å²) >= 11 is 0. The van der Waals surface area contributed by atoms with Gasteiger partial charge >= 0.3 is 0 Å². The van der Waals surface area contributed by atoms with Gasteiger partial charge in [0.15, 0.2) is 0 Å². The van der Waals surface area contributed by atoms with Crippen molar-refractivity contribution in [2.24, 2.45) is 5.92 Å². The van der Waals surface area contributed by atoms with Gasteiger partial charge in [0, 0.05) is 25.7 Å². The van der Waals surface area contributed by atoms with E-state index in [0.717, 1.165) is 5.92 Å². The number of hydrogen-bond donors (Lipinski definition) is 1. The highest BCUT2D eigenvalue weighted by molar-refractivity contribution is 4.79. The van der Waals surface area contributed by atoms with Crippen LogP contribution < -0.4 is 5.32 Å². The van der Waals surface area contributed by atoms with Crippen LogP contribution in [0.1, 0.15) is 39.5 Å². The van der Waals surface area contributed by atoms with E-state index in [0.29, 0.717) is 6.04 Å². The van der Waals surface area contributed by atoms with E-state index in [1.165, 1.54) is 71.5 Å². The molecule has 3 heteroatoms. The molecule has 0 radical (unpaired) electrons. The fourth-order valence-corrected chi connectivity index (χ4v) is 3.14. The minimum atomic E-state index is 0.689. The summed E-state index contributed by atoms with van der Waals surface area (Å²) in [6, 6.07) is 0.689. The SMILES string of the molecule is CC(C)C1CN(CCN2CCCCC2)CCCN1. The lowest BCUT2D eigenvalue weighted by atomic mass is 10.0. The molecule has 2 saturated heterocycles. The Hall–Kier alpha value is -0.120. The second kappa shape index (κ2) is 7.46. The summed E-state index contributed by atoms with van der Waals surface area (Å²) in [6.45, 7) is 13.6. The molecule has 0 amide bonds. The fraction of sp³-hybridized carbons (Fsp3) is 1.00. The van der Waals surface area contributed by atoms with Crippen molar-refractivity contribution in [2.45, 2.75) is 45.6 Å². The second-order valence-electron chi connectivity index (χ2n) is 6.36. The van der Waals surface area contributed by atoms with E-state index in [9.17, 15) is 0 Å². The molecule has 0 bridgehead atoms. The van der Waals surface area contributed by atoms with Gasteiger partial charge in [-0.1, -0.05) is 20.3 Å². The molecule has 2 aliphatic rings. The van der Waals surface area contributed by atoms with Crippen LogP contribution in [0, 0.1) is 5.92 Å². The molecule has 1 N–H and O–H groups in total. The van der Waals surface area contributed by atoms with Crippen molar-refractivity contribution in [3.8, 4) is 0 Å². The maximum Gasteiger partial charge on any atom is 0.0217 e. The summed E-state index contributed by atoms with van der Waals surface area (Å²) in [5.74, 6) is 0.751. The average Bonchev–Trinajstić information content (AvgIpc) is 2.63. The van der Waals surface area contributed by atoms with Crippen molar-refractivity contribution in [3.63, 3.8) is 0 Å². The first-order valence-electron chi connectivity index (χ1n) is 7.94. The lowest BCUT2D eigenvalue weighted by Gasteiger charge is -2.31. The molecule has 3 nitrogen and oxygen atoms in total. The van der Waals surface area contributed by atoms with Crippen molar-refractivity contribution in [1.82, 2.24) is 15.1 Å². The van der Waals surface area contributed by atoms with Gasteiger partial charge in [0.2, 0.25) is 0 Å². The van der Waals surface area contributed by atoms with Gasteiger partial charge in [-0.25, -0.2) is 0 Å². The molecule has 2 fully saturated rings. The zero-order valence-electron chi connectivity index (χ0n) is 12.3. The normalized spacial score (nSPS) is 28.5. The highest BCUT2D eigenvalue weighted by atomic mass is 15.2. The minimum Gasteiger partial charge on any atom is -0.312 e. The summed E-state index contributed by atoms with van der Waals surface area (Å²) < 4.78 is 0. The number of hydrogen-bond acceptors (Lipinski definition) is 3. The molecule has 0 spiro atoms. The van der Waals surface area contributed by atoms with E-state index in [2.05, 4.69) is 29.0 Å². The van der Waals surface area contributed by atoms with Crippen LogP contribution >= 0.6 is 0 Å². The van der Waals surface area contributed by atoms with Crippen molar-refractivity contribution < 1.29 is 0 Å². The molecule has 2 rings (SSSR count). The molecule has 0 saturated carbocycles. The zero-order chi connectivity index (χ0) is 12.8. The molecule has 0 aliphatic carbocycles. The van der Waals surface area contributed by atoms with Gasteiger partial charge in [0.25, 0.3) is 0 Å². The monoisotopic (exact) mass is 253 g/mol. The van der Waals surface area contributed by atoms with E-state index in [1.807, 2.05) is 0 Å². The highest BCUT2D eigenvalue weighted by Gasteiger charge is 2.20. The summed E-state index contributed by atoms with van der Waals surface area (Å²) in [7, 11) is 0. The van der Waals surface area contributed by atoms with E-state index in [-0.39, 0.29) is 0 Å². The predicted octanol–water partition coefficient (Wildman–Crippen LogP) is 1.79. The second-order valence-corrected chi connectivity index (χ2v) is 6.36. The summed E-state index contributed by atoms with van der Waals surface area (Å²) in [5, 5.41) is 3.69. The van der Waals surface area contributed by atoms with Gasteiger partial charge < -0.3 is 15.1 Å². The van der Waals surface area contributed by atoms with Crippen LogP contribution in [0.25, 0.3) is 0 Å². The number of piperidine rings is 1. The van der Waals surface area contributed by atoms with Crippen molar-refractivity contribution in [2.75, 3.05) is 45.8 Å². The van der Waals surface area contributed by atoms with Crippen molar-refractivity contribution >= 4 is 0 Å². The first-order valence-corrected chi connectivity index (χ1v) is 7.94. The average molecular weight is 253 g/mol. The first-order chi connectivity index (χ1) is 8.75. The van der Waals surface area contributed by atoms with Crippen molar-refractivity contribution in [1.29, 1.82) is 0 Å². The maximum absolute atomic E-state index is 3.69. The molecule has 106 valence electrons. The van der Waals surface area contributed by atoms with Crippen LogP contribution in [0.5, 0.6) is 0 Å². The number of nitrogens with zero attached hydrogens (tertiary/aromatic N) is 2. The van der Waals surface area contributed by atoms with E-state index < -0.39 is 0 Å². The standard InChI is InChI=1S/C15H31N3/c1-14(2)15-13-18(10-6-7-16-15)12-11-17-8-4-3-5-9-17/h14-16H,3-13H2,1-2H3. The molecule has 1 unspecified atom stereocenters. The lowest BCUT2D eigenvalue weighted by Crippen LogP contribution is -2.44. The van der Waals surface area contributed by atoms with Gasteiger partial charge in [0.05, 0.1) is 0 Å². The lowest BCUT2D eigenvalue weighted by molar-refractivity contribution is 0.175. The Morgan fingerprint density at radius 3 is 2.33 bits per heavy atom. The van der Waals surface area contributed by atoms with Gasteiger partial charge in [-0.15, -0.1) is 0 Å². The quantitative estimate of drug-likeness (QED) is 0.824. The van der Waals surface area contributed by atoms with E-state index >= 15 is 0 Å².